The number of ether oxygens (including phenoxy) is 2. The molecule has 0 atom stereocenters. The summed E-state index contributed by atoms with van der Waals surface area (Å²) in [5, 5.41) is 5.94. The van der Waals surface area contributed by atoms with Crippen molar-refractivity contribution in [2.45, 2.75) is 40.7 Å². The number of nitrogens with one attached hydrogen (secondary N) is 1. The lowest BCUT2D eigenvalue weighted by Crippen LogP contribution is -2.16. The van der Waals surface area contributed by atoms with Gasteiger partial charge in [-0.1, -0.05) is 12.1 Å². The summed E-state index contributed by atoms with van der Waals surface area (Å²) >= 11 is 2.51. The molecule has 0 aliphatic rings. The highest BCUT2D eigenvalue weighted by molar-refractivity contribution is 7.21. The van der Waals surface area contributed by atoms with Crippen molar-refractivity contribution in [2.75, 3.05) is 18.2 Å². The first-order valence-corrected chi connectivity index (χ1v) is 12.8. The molecular weight excluding hydrogens is 482 g/mol. The Balaban J connectivity index is 1.75. The van der Waals surface area contributed by atoms with Crippen LogP contribution in [0, 0.1) is 20.8 Å². The Labute approximate surface area is 211 Å². The summed E-state index contributed by atoms with van der Waals surface area (Å²) in [4.78, 5) is 32.1. The molecule has 0 saturated carbocycles. The van der Waals surface area contributed by atoms with E-state index in [2.05, 4.69) is 10.3 Å². The van der Waals surface area contributed by atoms with Crippen LogP contribution in [0.15, 0.2) is 29.6 Å². The zero-order valence-electron chi connectivity index (χ0n) is 20.4. The Morgan fingerprint density at radius 1 is 1.09 bits per heavy atom. The number of aromatic nitrogens is 1. The topological polar surface area (TPSA) is 104 Å². The number of pyridine rings is 1. The number of amides is 1. The Hall–Kier alpha value is -3.43. The van der Waals surface area contributed by atoms with Gasteiger partial charge in [0.2, 0.25) is 0 Å². The van der Waals surface area contributed by atoms with Gasteiger partial charge in [0.1, 0.15) is 26.0 Å². The van der Waals surface area contributed by atoms with E-state index in [1.807, 2.05) is 50.4 Å². The van der Waals surface area contributed by atoms with Crippen molar-refractivity contribution in [3.05, 3.63) is 56.9 Å². The van der Waals surface area contributed by atoms with Crippen LogP contribution in [0.25, 0.3) is 21.3 Å². The summed E-state index contributed by atoms with van der Waals surface area (Å²) in [6.45, 7) is 9.49. The van der Waals surface area contributed by atoms with E-state index in [9.17, 15) is 9.59 Å². The maximum atomic E-state index is 13.3. The average molecular weight is 510 g/mol. The highest BCUT2D eigenvalue weighted by Crippen LogP contribution is 2.40. The van der Waals surface area contributed by atoms with E-state index in [1.54, 1.807) is 21.0 Å². The lowest BCUT2D eigenvalue weighted by molar-refractivity contribution is 0.0380. The minimum absolute atomic E-state index is 0.308. The molecule has 9 heteroatoms. The number of methoxy groups -OCH3 is 1. The van der Waals surface area contributed by atoms with Gasteiger partial charge in [-0.05, 0) is 63.4 Å². The van der Waals surface area contributed by atoms with Gasteiger partial charge in [-0.15, -0.1) is 22.7 Å². The molecule has 0 spiro atoms. The maximum absolute atomic E-state index is 13.3. The molecule has 0 saturated heterocycles. The van der Waals surface area contributed by atoms with Crippen molar-refractivity contribution in [3.8, 4) is 16.9 Å². The molecule has 1 amide bonds. The van der Waals surface area contributed by atoms with Crippen molar-refractivity contribution in [3.63, 3.8) is 0 Å². The zero-order chi connectivity index (χ0) is 25.4. The number of nitrogens with zero attached hydrogens (tertiary/aromatic N) is 1. The standard InChI is InChI=1S/C26H27N3O4S2/c1-12(2)33-26(31)20-18(16-7-9-17(32-6)10-8-16)11-34-24(20)29-23(30)22-21(27)19-14(4)13(3)15(5)28-25(19)35-22/h7-12H,27H2,1-6H3,(H,29,30). The fourth-order valence-electron chi connectivity index (χ4n) is 3.80. The van der Waals surface area contributed by atoms with E-state index >= 15 is 0 Å². The van der Waals surface area contributed by atoms with Crippen LogP contribution in [-0.2, 0) is 4.74 Å². The fourth-order valence-corrected chi connectivity index (χ4v) is 5.85. The van der Waals surface area contributed by atoms with Gasteiger partial charge in [0, 0.05) is 22.0 Å². The number of anilines is 2. The summed E-state index contributed by atoms with van der Waals surface area (Å²) in [6.07, 6.45) is -0.312. The smallest absolute Gasteiger partial charge is 0.342 e. The summed E-state index contributed by atoms with van der Waals surface area (Å²) in [7, 11) is 1.60. The Morgan fingerprint density at radius 3 is 2.40 bits per heavy atom. The van der Waals surface area contributed by atoms with Crippen LogP contribution < -0.4 is 15.8 Å². The predicted molar refractivity (Wildman–Crippen MR) is 143 cm³/mol. The molecule has 4 rings (SSSR count). The second kappa shape index (κ2) is 9.67. The molecule has 4 aromatic rings. The predicted octanol–water partition coefficient (Wildman–Crippen LogP) is 6.36. The molecule has 0 aliphatic heterocycles. The molecule has 0 aliphatic carbocycles. The van der Waals surface area contributed by atoms with Crippen LogP contribution in [-0.4, -0.2) is 30.1 Å². The third kappa shape index (κ3) is 4.61. The summed E-state index contributed by atoms with van der Waals surface area (Å²) in [5.41, 5.74) is 11.6. The van der Waals surface area contributed by atoms with Gasteiger partial charge >= 0.3 is 5.97 Å². The van der Waals surface area contributed by atoms with Crippen molar-refractivity contribution in [1.82, 2.24) is 4.98 Å². The number of hydrogen-bond acceptors (Lipinski definition) is 8. The quantitative estimate of drug-likeness (QED) is 0.293. The summed E-state index contributed by atoms with van der Waals surface area (Å²) < 4.78 is 10.7. The van der Waals surface area contributed by atoms with Crippen LogP contribution in [0.4, 0.5) is 10.7 Å². The number of hydrogen-bond donors (Lipinski definition) is 2. The van der Waals surface area contributed by atoms with Gasteiger partial charge in [0.05, 0.1) is 18.9 Å². The van der Waals surface area contributed by atoms with E-state index in [4.69, 9.17) is 15.2 Å². The maximum Gasteiger partial charge on any atom is 0.342 e. The zero-order valence-corrected chi connectivity index (χ0v) is 22.1. The van der Waals surface area contributed by atoms with E-state index in [0.29, 0.717) is 32.4 Å². The van der Waals surface area contributed by atoms with E-state index in [-0.39, 0.29) is 12.0 Å². The van der Waals surface area contributed by atoms with Crippen molar-refractivity contribution in [1.29, 1.82) is 0 Å². The number of benzene rings is 1. The molecule has 0 fully saturated rings. The number of thiophene rings is 2. The Kier molecular flexibility index (Phi) is 6.82. The second-order valence-corrected chi connectivity index (χ2v) is 10.3. The van der Waals surface area contributed by atoms with Crippen LogP contribution >= 0.6 is 22.7 Å². The number of nitrogen functional groups attached to an aromatic ring is 1. The first-order valence-electron chi connectivity index (χ1n) is 11.1. The number of nitrogens with two attached hydrogens (primary N) is 1. The molecule has 3 N–H and O–H groups in total. The van der Waals surface area contributed by atoms with Crippen molar-refractivity contribution >= 4 is 55.5 Å². The fraction of sp³-hybridized carbons (Fsp3) is 0.269. The molecule has 0 bridgehead atoms. The molecular formula is C26H27N3O4S2. The van der Waals surface area contributed by atoms with Crippen LogP contribution in [0.3, 0.4) is 0 Å². The van der Waals surface area contributed by atoms with Crippen LogP contribution in [0.2, 0.25) is 0 Å². The lowest BCUT2D eigenvalue weighted by atomic mass is 10.0. The molecule has 1 aromatic carbocycles. The van der Waals surface area contributed by atoms with Gasteiger partial charge in [-0.2, -0.15) is 0 Å². The normalized spacial score (nSPS) is 11.2. The first-order chi connectivity index (χ1) is 16.6. The minimum Gasteiger partial charge on any atom is -0.497 e. The van der Waals surface area contributed by atoms with Crippen molar-refractivity contribution in [2.24, 2.45) is 0 Å². The summed E-state index contributed by atoms with van der Waals surface area (Å²) in [5.74, 6) is -0.184. The monoisotopic (exact) mass is 509 g/mol. The molecule has 0 unspecified atom stereocenters. The van der Waals surface area contributed by atoms with Gasteiger partial charge in [0.25, 0.3) is 5.91 Å². The molecule has 0 radical (unpaired) electrons. The SMILES string of the molecule is COc1ccc(-c2csc(NC(=O)c3sc4nc(C)c(C)c(C)c4c3N)c2C(=O)OC(C)C)cc1. The summed E-state index contributed by atoms with van der Waals surface area (Å²) in [6, 6.07) is 7.36. The van der Waals surface area contributed by atoms with Gasteiger partial charge in [0.15, 0.2) is 0 Å². The van der Waals surface area contributed by atoms with Crippen LogP contribution in [0.1, 0.15) is 50.7 Å². The van der Waals surface area contributed by atoms with E-state index in [0.717, 1.165) is 32.6 Å². The number of carbonyl (C=O) groups excluding carboxylic acids is 2. The van der Waals surface area contributed by atoms with E-state index < -0.39 is 5.97 Å². The van der Waals surface area contributed by atoms with E-state index in [1.165, 1.54) is 22.7 Å². The van der Waals surface area contributed by atoms with Gasteiger partial charge in [-0.3, -0.25) is 4.79 Å². The molecule has 7 nitrogen and oxygen atoms in total. The first kappa shape index (κ1) is 24.7. The highest BCUT2D eigenvalue weighted by atomic mass is 32.1. The largest absolute Gasteiger partial charge is 0.497 e. The number of esters is 1. The molecule has 35 heavy (non-hydrogen) atoms. The second-order valence-electron chi connectivity index (χ2n) is 8.46. The lowest BCUT2D eigenvalue weighted by Gasteiger charge is -2.12. The van der Waals surface area contributed by atoms with Gasteiger partial charge in [-0.25, -0.2) is 9.78 Å². The molecule has 182 valence electrons. The number of aryl methyl sites for hydroxylation is 2. The van der Waals surface area contributed by atoms with Crippen molar-refractivity contribution < 1.29 is 19.1 Å². The minimum atomic E-state index is -0.504. The number of carbonyl (C=O) groups is 2. The molecule has 3 aromatic heterocycles. The van der Waals surface area contributed by atoms with Gasteiger partial charge < -0.3 is 20.5 Å². The Morgan fingerprint density at radius 2 is 1.77 bits per heavy atom. The number of fused-ring (bicyclic) bond motifs is 1. The highest BCUT2D eigenvalue weighted by Gasteiger charge is 2.26. The number of rotatable bonds is 6. The molecule has 3 heterocycles. The third-order valence-corrected chi connectivity index (χ3v) is 7.84. The Bertz CT molecular complexity index is 1440. The third-order valence-electron chi connectivity index (χ3n) is 5.85. The average Bonchev–Trinajstić information content (AvgIpc) is 3.38. The van der Waals surface area contributed by atoms with Crippen LogP contribution in [0.5, 0.6) is 5.75 Å².